The van der Waals surface area contributed by atoms with Crippen LogP contribution < -0.4 is 16.4 Å². The molecule has 2 rings (SSSR count). The molecule has 0 saturated carbocycles. The van der Waals surface area contributed by atoms with Crippen LogP contribution in [-0.2, 0) is 6.54 Å². The molecule has 23 heavy (non-hydrogen) atoms. The smallest absolute Gasteiger partial charge is 0.190 e. The zero-order chi connectivity index (χ0) is 16.9. The highest BCUT2D eigenvalue weighted by Gasteiger charge is 2.13. The standard InChI is InChI=1S/C19H26N4/c1-4-19(2,3)22-13-14-5-7-15(8-6-14)16-9-11-17(12-10-16)23-18(20)21/h5-12,22H,4,13H2,1-3H3,(H4,20,21,23). The number of rotatable bonds is 6. The number of benzene rings is 2. The van der Waals surface area contributed by atoms with Gasteiger partial charge in [-0.05, 0) is 49.1 Å². The van der Waals surface area contributed by atoms with E-state index in [9.17, 15) is 0 Å². The van der Waals surface area contributed by atoms with Crippen molar-refractivity contribution in [1.82, 2.24) is 5.32 Å². The molecule has 0 aliphatic rings. The predicted octanol–water partition coefficient (Wildman–Crippen LogP) is 3.94. The average Bonchev–Trinajstić information content (AvgIpc) is 2.54. The van der Waals surface area contributed by atoms with Crippen molar-refractivity contribution in [2.24, 2.45) is 5.73 Å². The van der Waals surface area contributed by atoms with Crippen molar-refractivity contribution in [2.75, 3.05) is 5.32 Å². The second-order valence-corrected chi connectivity index (χ2v) is 6.40. The summed E-state index contributed by atoms with van der Waals surface area (Å²) in [7, 11) is 0. The number of hydrogen-bond acceptors (Lipinski definition) is 2. The van der Waals surface area contributed by atoms with E-state index in [4.69, 9.17) is 11.1 Å². The van der Waals surface area contributed by atoms with Crippen LogP contribution in [0.15, 0.2) is 48.5 Å². The van der Waals surface area contributed by atoms with E-state index in [-0.39, 0.29) is 11.5 Å². The number of anilines is 1. The van der Waals surface area contributed by atoms with Crippen LogP contribution in [0, 0.1) is 5.41 Å². The molecular formula is C19H26N4. The Kier molecular flexibility index (Phi) is 5.40. The molecule has 4 nitrogen and oxygen atoms in total. The first-order valence-corrected chi connectivity index (χ1v) is 7.95. The molecular weight excluding hydrogens is 284 g/mol. The minimum Gasteiger partial charge on any atom is -0.370 e. The van der Waals surface area contributed by atoms with Crippen LogP contribution in [0.2, 0.25) is 0 Å². The Bertz CT molecular complexity index is 642. The maximum atomic E-state index is 7.23. The molecule has 5 N–H and O–H groups in total. The van der Waals surface area contributed by atoms with Crippen molar-refractivity contribution in [3.8, 4) is 11.1 Å². The number of hydrogen-bond donors (Lipinski definition) is 4. The summed E-state index contributed by atoms with van der Waals surface area (Å²) < 4.78 is 0. The van der Waals surface area contributed by atoms with Crippen molar-refractivity contribution in [3.05, 3.63) is 54.1 Å². The predicted molar refractivity (Wildman–Crippen MR) is 98.6 cm³/mol. The van der Waals surface area contributed by atoms with Gasteiger partial charge in [-0.15, -0.1) is 0 Å². The van der Waals surface area contributed by atoms with E-state index in [1.807, 2.05) is 24.3 Å². The van der Waals surface area contributed by atoms with Gasteiger partial charge in [-0.25, -0.2) is 0 Å². The van der Waals surface area contributed by atoms with Gasteiger partial charge in [0.05, 0.1) is 0 Å². The Morgan fingerprint density at radius 1 is 1.00 bits per heavy atom. The molecule has 0 spiro atoms. The molecule has 0 saturated heterocycles. The number of nitrogens with one attached hydrogen (secondary N) is 3. The number of nitrogens with two attached hydrogens (primary N) is 1. The van der Waals surface area contributed by atoms with Gasteiger partial charge in [-0.1, -0.05) is 43.3 Å². The van der Waals surface area contributed by atoms with Crippen molar-refractivity contribution in [3.63, 3.8) is 0 Å². The SMILES string of the molecule is CCC(C)(C)NCc1ccc(-c2ccc(NC(=N)N)cc2)cc1. The molecule has 4 heteroatoms. The minimum absolute atomic E-state index is 0.0513. The van der Waals surface area contributed by atoms with Gasteiger partial charge in [0, 0.05) is 17.8 Å². The van der Waals surface area contributed by atoms with Crippen molar-refractivity contribution in [2.45, 2.75) is 39.3 Å². The van der Waals surface area contributed by atoms with E-state index in [1.165, 1.54) is 11.1 Å². The van der Waals surface area contributed by atoms with Gasteiger partial charge in [0.15, 0.2) is 5.96 Å². The van der Waals surface area contributed by atoms with Gasteiger partial charge in [-0.3, -0.25) is 5.41 Å². The second-order valence-electron chi connectivity index (χ2n) is 6.40. The van der Waals surface area contributed by atoms with E-state index in [2.05, 4.69) is 55.7 Å². The van der Waals surface area contributed by atoms with Crippen LogP contribution in [0.3, 0.4) is 0 Å². The summed E-state index contributed by atoms with van der Waals surface area (Å²) in [5, 5.41) is 13.6. The molecule has 0 aromatic heterocycles. The van der Waals surface area contributed by atoms with Crippen LogP contribution in [0.25, 0.3) is 11.1 Å². The highest BCUT2D eigenvalue weighted by molar-refractivity contribution is 5.90. The van der Waals surface area contributed by atoms with Crippen molar-refractivity contribution >= 4 is 11.6 Å². The topological polar surface area (TPSA) is 73.9 Å². The van der Waals surface area contributed by atoms with Crippen LogP contribution in [0.4, 0.5) is 5.69 Å². The lowest BCUT2D eigenvalue weighted by atomic mass is 10.0. The highest BCUT2D eigenvalue weighted by atomic mass is 15.0. The zero-order valence-corrected chi connectivity index (χ0v) is 14.1. The molecule has 0 aliphatic carbocycles. The fourth-order valence-corrected chi connectivity index (χ4v) is 2.18. The quantitative estimate of drug-likeness (QED) is 0.482. The van der Waals surface area contributed by atoms with Gasteiger partial charge in [0.2, 0.25) is 0 Å². The molecule has 0 fully saturated rings. The van der Waals surface area contributed by atoms with Crippen LogP contribution in [0.1, 0.15) is 32.8 Å². The third-order valence-electron chi connectivity index (χ3n) is 4.11. The van der Waals surface area contributed by atoms with Gasteiger partial charge in [0.25, 0.3) is 0 Å². The summed E-state index contributed by atoms with van der Waals surface area (Å²) in [4.78, 5) is 0. The molecule has 0 heterocycles. The summed E-state index contributed by atoms with van der Waals surface area (Å²) in [6.45, 7) is 7.51. The molecule has 2 aromatic carbocycles. The van der Waals surface area contributed by atoms with E-state index in [0.717, 1.165) is 24.2 Å². The van der Waals surface area contributed by atoms with E-state index >= 15 is 0 Å². The fraction of sp³-hybridized carbons (Fsp3) is 0.316. The molecule has 0 aliphatic heterocycles. The maximum absolute atomic E-state index is 7.23. The molecule has 0 bridgehead atoms. The average molecular weight is 310 g/mol. The van der Waals surface area contributed by atoms with Gasteiger partial charge in [0.1, 0.15) is 0 Å². The Balaban J connectivity index is 2.03. The van der Waals surface area contributed by atoms with Gasteiger partial charge in [-0.2, -0.15) is 0 Å². The Labute approximate surface area is 138 Å². The molecule has 0 amide bonds. The third-order valence-corrected chi connectivity index (χ3v) is 4.11. The molecule has 2 aromatic rings. The van der Waals surface area contributed by atoms with Crippen LogP contribution >= 0.6 is 0 Å². The summed E-state index contributed by atoms with van der Waals surface area (Å²) in [6.07, 6.45) is 1.10. The van der Waals surface area contributed by atoms with E-state index < -0.39 is 0 Å². The normalized spacial score (nSPS) is 11.3. The van der Waals surface area contributed by atoms with E-state index in [0.29, 0.717) is 0 Å². The lowest BCUT2D eigenvalue weighted by Crippen LogP contribution is -2.37. The second kappa shape index (κ2) is 7.29. The van der Waals surface area contributed by atoms with Crippen LogP contribution in [0.5, 0.6) is 0 Å². The molecule has 0 unspecified atom stereocenters. The third kappa shape index (κ3) is 5.11. The van der Waals surface area contributed by atoms with Crippen molar-refractivity contribution in [1.29, 1.82) is 5.41 Å². The summed E-state index contributed by atoms with van der Waals surface area (Å²) in [5.41, 5.74) is 9.92. The summed E-state index contributed by atoms with van der Waals surface area (Å²) >= 11 is 0. The first kappa shape index (κ1) is 17.0. The first-order valence-electron chi connectivity index (χ1n) is 7.95. The van der Waals surface area contributed by atoms with E-state index in [1.54, 1.807) is 0 Å². The number of guanidine groups is 1. The molecule has 122 valence electrons. The Morgan fingerprint density at radius 2 is 1.52 bits per heavy atom. The van der Waals surface area contributed by atoms with Gasteiger partial charge < -0.3 is 16.4 Å². The Hall–Kier alpha value is -2.33. The van der Waals surface area contributed by atoms with Gasteiger partial charge >= 0.3 is 0 Å². The minimum atomic E-state index is -0.0513. The fourth-order valence-electron chi connectivity index (χ4n) is 2.18. The molecule has 0 atom stereocenters. The highest BCUT2D eigenvalue weighted by Crippen LogP contribution is 2.22. The Morgan fingerprint density at radius 3 is 2.00 bits per heavy atom. The molecule has 0 radical (unpaired) electrons. The summed E-state index contributed by atoms with van der Waals surface area (Å²) in [5.74, 6) is -0.0513. The maximum Gasteiger partial charge on any atom is 0.190 e. The van der Waals surface area contributed by atoms with Crippen LogP contribution in [-0.4, -0.2) is 11.5 Å². The lowest BCUT2D eigenvalue weighted by Gasteiger charge is -2.24. The monoisotopic (exact) mass is 310 g/mol. The first-order chi connectivity index (χ1) is 10.9. The lowest BCUT2D eigenvalue weighted by molar-refractivity contribution is 0.374. The summed E-state index contributed by atoms with van der Waals surface area (Å²) in [6, 6.07) is 16.5. The van der Waals surface area contributed by atoms with Crippen molar-refractivity contribution < 1.29 is 0 Å². The zero-order valence-electron chi connectivity index (χ0n) is 14.1. The largest absolute Gasteiger partial charge is 0.370 e.